The summed E-state index contributed by atoms with van der Waals surface area (Å²) in [5.41, 5.74) is 0.618. The second-order valence-corrected chi connectivity index (χ2v) is 6.41. The van der Waals surface area contributed by atoms with Gasteiger partial charge in [0, 0.05) is 18.7 Å². The molecule has 3 rings (SSSR count). The number of anilines is 1. The zero-order chi connectivity index (χ0) is 20.8. The van der Waals surface area contributed by atoms with Gasteiger partial charge >= 0.3 is 17.8 Å². The van der Waals surface area contributed by atoms with Crippen LogP contribution in [0.2, 0.25) is 0 Å². The lowest BCUT2D eigenvalue weighted by Gasteiger charge is -2.30. The molecule has 1 aliphatic rings. The third kappa shape index (κ3) is 4.99. The first-order valence-electron chi connectivity index (χ1n) is 9.19. The number of carbonyl (C=O) groups is 1. The van der Waals surface area contributed by atoms with Gasteiger partial charge in [0.15, 0.2) is 0 Å². The van der Waals surface area contributed by atoms with Crippen LogP contribution < -0.4 is 9.64 Å². The SMILES string of the molecule is C#Cc1cccc(Oc2cc(N3CCC(C(=O)OCC)CC3)nc([N+](=O)[O-])n2)c1. The standard InChI is InChI=1S/C20H20N4O5/c1-3-14-6-5-7-16(12-14)29-18-13-17(21-20(22-18)24(26)27)23-10-8-15(9-11-23)19(25)28-4-2/h1,5-7,12-13,15H,4,8-11H2,2H3. The van der Waals surface area contributed by atoms with E-state index in [2.05, 4.69) is 15.9 Å². The first kappa shape index (κ1) is 20.1. The minimum absolute atomic E-state index is 0.0448. The number of nitrogens with zero attached hydrogens (tertiary/aromatic N) is 4. The number of hydrogen-bond donors (Lipinski definition) is 0. The van der Waals surface area contributed by atoms with Crippen molar-refractivity contribution in [2.45, 2.75) is 19.8 Å². The summed E-state index contributed by atoms with van der Waals surface area (Å²) >= 11 is 0. The molecule has 0 amide bonds. The van der Waals surface area contributed by atoms with Crippen molar-refractivity contribution in [3.63, 3.8) is 0 Å². The van der Waals surface area contributed by atoms with Crippen LogP contribution in [-0.4, -0.2) is 40.6 Å². The molecule has 0 aliphatic carbocycles. The number of piperidine rings is 1. The average Bonchev–Trinajstić information content (AvgIpc) is 2.74. The maximum atomic E-state index is 11.9. The maximum absolute atomic E-state index is 11.9. The highest BCUT2D eigenvalue weighted by Crippen LogP contribution is 2.29. The summed E-state index contributed by atoms with van der Waals surface area (Å²) in [4.78, 5) is 32.3. The molecule has 0 spiro atoms. The van der Waals surface area contributed by atoms with Gasteiger partial charge in [0.1, 0.15) is 5.75 Å². The highest BCUT2D eigenvalue weighted by molar-refractivity contribution is 5.72. The molecule has 0 radical (unpaired) electrons. The first-order valence-corrected chi connectivity index (χ1v) is 9.19. The van der Waals surface area contributed by atoms with E-state index in [1.54, 1.807) is 37.3 Å². The van der Waals surface area contributed by atoms with Gasteiger partial charge in [0.2, 0.25) is 5.82 Å². The fourth-order valence-corrected chi connectivity index (χ4v) is 3.07. The second-order valence-electron chi connectivity index (χ2n) is 6.41. The molecule has 0 bridgehead atoms. The molecule has 0 atom stereocenters. The number of rotatable bonds is 6. The number of benzene rings is 1. The molecule has 150 valence electrons. The van der Waals surface area contributed by atoms with Gasteiger partial charge in [-0.15, -0.1) is 6.42 Å². The minimum Gasteiger partial charge on any atom is -0.466 e. The van der Waals surface area contributed by atoms with Crippen molar-refractivity contribution in [3.05, 3.63) is 46.0 Å². The van der Waals surface area contributed by atoms with Crippen molar-refractivity contribution in [1.29, 1.82) is 0 Å². The first-order chi connectivity index (χ1) is 14.0. The van der Waals surface area contributed by atoms with E-state index in [0.29, 0.717) is 49.7 Å². The van der Waals surface area contributed by atoms with Gasteiger partial charge in [-0.05, 0) is 52.9 Å². The fourth-order valence-electron chi connectivity index (χ4n) is 3.07. The Balaban J connectivity index is 1.80. The van der Waals surface area contributed by atoms with Crippen LogP contribution in [0.4, 0.5) is 11.8 Å². The van der Waals surface area contributed by atoms with Crippen molar-refractivity contribution >= 4 is 17.7 Å². The molecule has 0 saturated carbocycles. The van der Waals surface area contributed by atoms with Crippen molar-refractivity contribution in [3.8, 4) is 24.0 Å². The molecule has 29 heavy (non-hydrogen) atoms. The van der Waals surface area contributed by atoms with Crippen LogP contribution in [0.3, 0.4) is 0 Å². The minimum atomic E-state index is -0.667. The summed E-state index contributed by atoms with van der Waals surface area (Å²) in [5.74, 6) is 2.39. The third-order valence-electron chi connectivity index (χ3n) is 4.50. The molecule has 1 aliphatic heterocycles. The predicted octanol–water partition coefficient (Wildman–Crippen LogP) is 2.94. The number of carbonyl (C=O) groups excluding carboxylic acids is 1. The highest BCUT2D eigenvalue weighted by atomic mass is 16.6. The van der Waals surface area contributed by atoms with Gasteiger partial charge < -0.3 is 24.5 Å². The number of aromatic nitrogens is 2. The molecular weight excluding hydrogens is 376 g/mol. The Morgan fingerprint density at radius 3 is 2.76 bits per heavy atom. The second kappa shape index (κ2) is 9.01. The predicted molar refractivity (Wildman–Crippen MR) is 105 cm³/mol. The van der Waals surface area contributed by atoms with Crippen LogP contribution in [0.1, 0.15) is 25.3 Å². The number of hydrogen-bond acceptors (Lipinski definition) is 8. The molecule has 1 aromatic carbocycles. The number of esters is 1. The lowest BCUT2D eigenvalue weighted by Crippen LogP contribution is -2.37. The zero-order valence-corrected chi connectivity index (χ0v) is 15.9. The van der Waals surface area contributed by atoms with Crippen LogP contribution in [0.5, 0.6) is 11.6 Å². The Bertz CT molecular complexity index is 948. The Labute approximate surface area is 167 Å². The van der Waals surface area contributed by atoms with Crippen LogP contribution in [0.15, 0.2) is 30.3 Å². The van der Waals surface area contributed by atoms with E-state index in [0.717, 1.165) is 0 Å². The normalized spacial score (nSPS) is 14.1. The van der Waals surface area contributed by atoms with Gasteiger partial charge in [-0.1, -0.05) is 12.0 Å². The lowest BCUT2D eigenvalue weighted by molar-refractivity contribution is -0.394. The average molecular weight is 396 g/mol. The van der Waals surface area contributed by atoms with E-state index < -0.39 is 10.9 Å². The van der Waals surface area contributed by atoms with Gasteiger partial charge in [0.25, 0.3) is 0 Å². The quantitative estimate of drug-likeness (QED) is 0.317. The molecular formula is C20H20N4O5. The smallest absolute Gasteiger partial charge is 0.466 e. The summed E-state index contributed by atoms with van der Waals surface area (Å²) in [5, 5.41) is 11.3. The van der Waals surface area contributed by atoms with E-state index in [9.17, 15) is 14.9 Å². The van der Waals surface area contributed by atoms with Crippen LogP contribution >= 0.6 is 0 Å². The molecule has 1 fully saturated rings. The monoisotopic (exact) mass is 396 g/mol. The van der Waals surface area contributed by atoms with Gasteiger partial charge in [-0.25, -0.2) is 0 Å². The summed E-state index contributed by atoms with van der Waals surface area (Å²) in [7, 11) is 0. The molecule has 9 nitrogen and oxygen atoms in total. The summed E-state index contributed by atoms with van der Waals surface area (Å²) < 4.78 is 10.8. The summed E-state index contributed by atoms with van der Waals surface area (Å²) in [6.07, 6.45) is 6.55. The van der Waals surface area contributed by atoms with Gasteiger partial charge in [-0.3, -0.25) is 4.79 Å². The van der Waals surface area contributed by atoms with Crippen LogP contribution in [-0.2, 0) is 9.53 Å². The Kier molecular flexibility index (Phi) is 6.24. The van der Waals surface area contributed by atoms with Crippen LogP contribution in [0.25, 0.3) is 0 Å². The molecule has 1 saturated heterocycles. The third-order valence-corrected chi connectivity index (χ3v) is 4.50. The van der Waals surface area contributed by atoms with E-state index in [4.69, 9.17) is 15.9 Å². The van der Waals surface area contributed by atoms with Gasteiger partial charge in [-0.2, -0.15) is 0 Å². The van der Waals surface area contributed by atoms with E-state index >= 15 is 0 Å². The zero-order valence-electron chi connectivity index (χ0n) is 15.9. The summed E-state index contributed by atoms with van der Waals surface area (Å²) in [6, 6.07) is 8.33. The van der Waals surface area contributed by atoms with E-state index in [-0.39, 0.29) is 17.8 Å². The topological polar surface area (TPSA) is 108 Å². The number of nitro groups is 1. The largest absolute Gasteiger partial charge is 0.474 e. The summed E-state index contributed by atoms with van der Waals surface area (Å²) in [6.45, 7) is 3.15. The van der Waals surface area contributed by atoms with Crippen molar-refractivity contribution < 1.29 is 19.2 Å². The molecule has 1 aromatic heterocycles. The molecule has 2 aromatic rings. The van der Waals surface area contributed by atoms with Crippen molar-refractivity contribution in [1.82, 2.24) is 9.97 Å². The molecule has 2 heterocycles. The van der Waals surface area contributed by atoms with Crippen molar-refractivity contribution in [2.24, 2.45) is 5.92 Å². The number of ether oxygens (including phenoxy) is 2. The lowest BCUT2D eigenvalue weighted by atomic mass is 9.97. The molecule has 0 N–H and O–H groups in total. The fraction of sp³-hybridized carbons (Fsp3) is 0.350. The van der Waals surface area contributed by atoms with Crippen LogP contribution in [0, 0.1) is 28.4 Å². The molecule has 9 heteroatoms. The number of terminal acetylenes is 1. The highest BCUT2D eigenvalue weighted by Gasteiger charge is 2.29. The van der Waals surface area contributed by atoms with Crippen molar-refractivity contribution in [2.75, 3.05) is 24.6 Å². The van der Waals surface area contributed by atoms with Gasteiger partial charge in [0.05, 0.1) is 18.6 Å². The Morgan fingerprint density at radius 2 is 2.10 bits per heavy atom. The maximum Gasteiger partial charge on any atom is 0.474 e. The Hall–Kier alpha value is -3.67. The van der Waals surface area contributed by atoms with E-state index in [1.165, 1.54) is 0 Å². The Morgan fingerprint density at radius 1 is 1.34 bits per heavy atom. The van der Waals surface area contributed by atoms with E-state index in [1.807, 2.05) is 4.90 Å². The molecule has 0 unspecified atom stereocenters.